The normalized spacial score (nSPS) is 8.62. The van der Waals surface area contributed by atoms with Crippen LogP contribution in [-0.2, 0) is 0 Å². The highest BCUT2D eigenvalue weighted by atomic mass is 15.2. The van der Waals surface area contributed by atoms with Crippen molar-refractivity contribution in [3.05, 3.63) is 30.7 Å². The molecule has 0 saturated carbocycles. The highest BCUT2D eigenvalue weighted by Crippen LogP contribution is 1.89. The van der Waals surface area contributed by atoms with Crippen molar-refractivity contribution >= 4 is 11.8 Å². The number of aromatic nitrogens is 4. The standard InChI is InChI=1S/C5H6N2.C2H4N4/c6-5-3-1-2-4-7-5;3-2-4-1-5-6-2/h1-4H,(H2,6,7);1H,(H3,3,4,5,6). The summed E-state index contributed by atoms with van der Waals surface area (Å²) in [5, 5.41) is 5.88. The van der Waals surface area contributed by atoms with Crippen LogP contribution in [0.5, 0.6) is 0 Å². The second kappa shape index (κ2) is 4.70. The lowest BCUT2D eigenvalue weighted by Gasteiger charge is -1.82. The summed E-state index contributed by atoms with van der Waals surface area (Å²) in [5.74, 6) is 0.928. The van der Waals surface area contributed by atoms with Crippen molar-refractivity contribution in [2.45, 2.75) is 0 Å². The van der Waals surface area contributed by atoms with Crippen LogP contribution < -0.4 is 11.5 Å². The Morgan fingerprint density at radius 1 is 1.15 bits per heavy atom. The van der Waals surface area contributed by atoms with Crippen LogP contribution >= 0.6 is 0 Å². The lowest BCUT2D eigenvalue weighted by Crippen LogP contribution is -1.85. The van der Waals surface area contributed by atoms with Crippen molar-refractivity contribution in [3.63, 3.8) is 0 Å². The first kappa shape index (κ1) is 8.98. The second-order valence-corrected chi connectivity index (χ2v) is 2.13. The van der Waals surface area contributed by atoms with Gasteiger partial charge >= 0.3 is 0 Å². The van der Waals surface area contributed by atoms with Gasteiger partial charge < -0.3 is 11.5 Å². The van der Waals surface area contributed by atoms with Crippen LogP contribution in [0.2, 0.25) is 0 Å². The molecule has 68 valence electrons. The molecule has 0 unspecified atom stereocenters. The Labute approximate surface area is 75.0 Å². The summed E-state index contributed by atoms with van der Waals surface area (Å²) >= 11 is 0. The largest absolute Gasteiger partial charge is 0.384 e. The van der Waals surface area contributed by atoms with E-state index in [-0.39, 0.29) is 0 Å². The van der Waals surface area contributed by atoms with Crippen molar-refractivity contribution in [1.82, 2.24) is 20.2 Å². The molecule has 0 radical (unpaired) electrons. The average Bonchev–Trinajstić information content (AvgIpc) is 2.58. The van der Waals surface area contributed by atoms with Crippen LogP contribution in [0.1, 0.15) is 0 Å². The minimum atomic E-state index is 0.356. The van der Waals surface area contributed by atoms with E-state index in [1.807, 2.05) is 12.1 Å². The minimum Gasteiger partial charge on any atom is -0.384 e. The van der Waals surface area contributed by atoms with Crippen LogP contribution in [0.25, 0.3) is 0 Å². The molecule has 0 aromatic carbocycles. The van der Waals surface area contributed by atoms with Gasteiger partial charge in [0.15, 0.2) is 0 Å². The number of anilines is 2. The van der Waals surface area contributed by atoms with Crippen LogP contribution in [0.15, 0.2) is 30.7 Å². The highest BCUT2D eigenvalue weighted by molar-refractivity contribution is 5.25. The molecule has 2 aromatic rings. The Morgan fingerprint density at radius 2 is 2.00 bits per heavy atom. The van der Waals surface area contributed by atoms with E-state index < -0.39 is 0 Å². The number of nitrogens with zero attached hydrogens (tertiary/aromatic N) is 3. The zero-order valence-corrected chi connectivity index (χ0v) is 6.88. The fourth-order valence-corrected chi connectivity index (χ4v) is 0.591. The maximum Gasteiger partial charge on any atom is 0.215 e. The molecule has 0 aliphatic heterocycles. The molecule has 0 saturated heterocycles. The fourth-order valence-electron chi connectivity index (χ4n) is 0.591. The quantitative estimate of drug-likeness (QED) is 0.528. The third-order valence-corrected chi connectivity index (χ3v) is 1.12. The smallest absolute Gasteiger partial charge is 0.215 e. The number of hydrogen-bond donors (Lipinski definition) is 3. The zero-order chi connectivity index (χ0) is 9.52. The summed E-state index contributed by atoms with van der Waals surface area (Å²) < 4.78 is 0. The van der Waals surface area contributed by atoms with Crippen molar-refractivity contribution in [2.75, 3.05) is 11.5 Å². The molecule has 0 spiro atoms. The summed E-state index contributed by atoms with van der Waals surface area (Å²) in [4.78, 5) is 7.28. The molecule has 2 rings (SSSR count). The van der Waals surface area contributed by atoms with Crippen LogP contribution in [0, 0.1) is 0 Å². The van der Waals surface area contributed by atoms with Gasteiger partial charge in [0, 0.05) is 6.20 Å². The predicted octanol–water partition coefficient (Wildman–Crippen LogP) is 0.0507. The zero-order valence-electron chi connectivity index (χ0n) is 6.88. The van der Waals surface area contributed by atoms with Crippen molar-refractivity contribution in [1.29, 1.82) is 0 Å². The summed E-state index contributed by atoms with van der Waals surface area (Å²) in [6.45, 7) is 0. The Hall–Kier alpha value is -2.11. The summed E-state index contributed by atoms with van der Waals surface area (Å²) in [5.41, 5.74) is 10.3. The summed E-state index contributed by atoms with van der Waals surface area (Å²) in [6.07, 6.45) is 3.02. The van der Waals surface area contributed by atoms with E-state index in [9.17, 15) is 0 Å². The third kappa shape index (κ3) is 3.71. The van der Waals surface area contributed by atoms with Gasteiger partial charge in [0.05, 0.1) is 0 Å². The molecule has 0 amide bonds. The number of H-pyrrole nitrogens is 1. The SMILES string of the molecule is Nc1ccccn1.Nc1ncn[nH]1. The van der Waals surface area contributed by atoms with Gasteiger partial charge in [0.2, 0.25) is 5.95 Å². The minimum absolute atomic E-state index is 0.356. The first-order valence-corrected chi connectivity index (χ1v) is 3.56. The van der Waals surface area contributed by atoms with E-state index in [1.165, 1.54) is 6.33 Å². The summed E-state index contributed by atoms with van der Waals surface area (Å²) in [6, 6.07) is 5.43. The predicted molar refractivity (Wildman–Crippen MR) is 49.4 cm³/mol. The van der Waals surface area contributed by atoms with Crippen molar-refractivity contribution < 1.29 is 0 Å². The monoisotopic (exact) mass is 178 g/mol. The number of aromatic amines is 1. The number of nitrogens with one attached hydrogen (secondary N) is 1. The molecule has 2 heterocycles. The molecule has 13 heavy (non-hydrogen) atoms. The van der Waals surface area contributed by atoms with Gasteiger partial charge in [-0.15, -0.1) is 0 Å². The van der Waals surface area contributed by atoms with Gasteiger partial charge in [-0.05, 0) is 12.1 Å². The van der Waals surface area contributed by atoms with Gasteiger partial charge in [-0.3, -0.25) is 0 Å². The molecular weight excluding hydrogens is 168 g/mol. The van der Waals surface area contributed by atoms with E-state index >= 15 is 0 Å². The number of rotatable bonds is 0. The molecule has 2 aromatic heterocycles. The first-order valence-electron chi connectivity index (χ1n) is 3.56. The molecule has 0 fully saturated rings. The second-order valence-electron chi connectivity index (χ2n) is 2.13. The van der Waals surface area contributed by atoms with Gasteiger partial charge in [0.25, 0.3) is 0 Å². The average molecular weight is 178 g/mol. The lowest BCUT2D eigenvalue weighted by molar-refractivity contribution is 1.10. The Balaban J connectivity index is 0.000000132. The van der Waals surface area contributed by atoms with Gasteiger partial charge in [-0.25, -0.2) is 15.1 Å². The first-order chi connectivity index (χ1) is 6.29. The maximum absolute atomic E-state index is 5.25. The Morgan fingerprint density at radius 3 is 2.23 bits per heavy atom. The molecule has 0 bridgehead atoms. The highest BCUT2D eigenvalue weighted by Gasteiger charge is 1.75. The van der Waals surface area contributed by atoms with Crippen molar-refractivity contribution in [3.8, 4) is 0 Å². The van der Waals surface area contributed by atoms with E-state index in [2.05, 4.69) is 20.2 Å². The number of nitrogen functional groups attached to an aromatic ring is 2. The van der Waals surface area contributed by atoms with Crippen molar-refractivity contribution in [2.24, 2.45) is 0 Å². The molecule has 6 nitrogen and oxygen atoms in total. The molecule has 5 N–H and O–H groups in total. The van der Waals surface area contributed by atoms with E-state index in [0.717, 1.165) is 0 Å². The van der Waals surface area contributed by atoms with E-state index in [0.29, 0.717) is 11.8 Å². The number of pyridine rings is 1. The summed E-state index contributed by atoms with van der Waals surface area (Å²) in [7, 11) is 0. The fraction of sp³-hybridized carbons (Fsp3) is 0. The Bertz CT molecular complexity index is 316. The number of hydrogen-bond acceptors (Lipinski definition) is 5. The van der Waals surface area contributed by atoms with E-state index in [4.69, 9.17) is 11.5 Å². The molecule has 0 atom stereocenters. The Kier molecular flexibility index (Phi) is 3.25. The van der Waals surface area contributed by atoms with Gasteiger partial charge in [-0.1, -0.05) is 6.07 Å². The van der Waals surface area contributed by atoms with Crippen LogP contribution in [0.4, 0.5) is 11.8 Å². The number of nitrogens with two attached hydrogens (primary N) is 2. The lowest BCUT2D eigenvalue weighted by atomic mass is 10.5. The van der Waals surface area contributed by atoms with Gasteiger partial charge in [-0.2, -0.15) is 5.10 Å². The molecular formula is C7H10N6. The maximum atomic E-state index is 5.25. The molecule has 0 aliphatic rings. The van der Waals surface area contributed by atoms with E-state index in [1.54, 1.807) is 12.3 Å². The molecule has 6 heteroatoms. The van der Waals surface area contributed by atoms with Crippen LogP contribution in [-0.4, -0.2) is 20.2 Å². The van der Waals surface area contributed by atoms with Crippen LogP contribution in [0.3, 0.4) is 0 Å². The topological polar surface area (TPSA) is 106 Å². The molecule has 0 aliphatic carbocycles. The third-order valence-electron chi connectivity index (χ3n) is 1.12. The van der Waals surface area contributed by atoms with Gasteiger partial charge in [0.1, 0.15) is 12.1 Å².